The fourth-order valence-corrected chi connectivity index (χ4v) is 4.63. The van der Waals surface area contributed by atoms with Gasteiger partial charge in [0.05, 0.1) is 18.6 Å². The van der Waals surface area contributed by atoms with Crippen molar-refractivity contribution in [2.24, 2.45) is 0 Å². The summed E-state index contributed by atoms with van der Waals surface area (Å²) in [6.45, 7) is 1.89. The van der Waals surface area contributed by atoms with Crippen molar-refractivity contribution in [1.29, 1.82) is 0 Å². The molecule has 1 spiro atoms. The molecule has 1 aromatic carbocycles. The maximum atomic E-state index is 10.0. The first-order valence-electron chi connectivity index (χ1n) is 7.67. The third-order valence-corrected chi connectivity index (χ3v) is 5.93. The SMILES string of the molecule is COc1cc(Br)c2c3c1O[C@@H]1C[C@H](O)C=C[C@]31CCN(C)C2. The Morgan fingerprint density at radius 1 is 1.50 bits per heavy atom. The van der Waals surface area contributed by atoms with Gasteiger partial charge < -0.3 is 19.5 Å². The highest BCUT2D eigenvalue weighted by Gasteiger charge is 2.53. The van der Waals surface area contributed by atoms with Gasteiger partial charge in [-0.2, -0.15) is 0 Å². The predicted molar refractivity (Wildman–Crippen MR) is 87.5 cm³/mol. The summed E-state index contributed by atoms with van der Waals surface area (Å²) in [6.07, 6.45) is 5.29. The van der Waals surface area contributed by atoms with E-state index in [9.17, 15) is 5.11 Å². The summed E-state index contributed by atoms with van der Waals surface area (Å²) in [6, 6.07) is 2.00. The summed E-state index contributed by atoms with van der Waals surface area (Å²) in [4.78, 5) is 2.34. The summed E-state index contributed by atoms with van der Waals surface area (Å²) >= 11 is 3.71. The Bertz CT molecular complexity index is 660. The van der Waals surface area contributed by atoms with Crippen molar-refractivity contribution in [3.63, 3.8) is 0 Å². The molecule has 0 fully saturated rings. The van der Waals surface area contributed by atoms with Crippen LogP contribution in [-0.4, -0.2) is 42.9 Å². The lowest BCUT2D eigenvalue weighted by Gasteiger charge is -2.35. The average molecular weight is 366 g/mol. The minimum absolute atomic E-state index is 0.0176. The molecule has 4 rings (SSSR count). The molecule has 1 aliphatic carbocycles. The highest BCUT2D eigenvalue weighted by molar-refractivity contribution is 9.10. The van der Waals surface area contributed by atoms with Crippen molar-refractivity contribution in [3.05, 3.63) is 33.8 Å². The van der Waals surface area contributed by atoms with Gasteiger partial charge in [-0.3, -0.25) is 0 Å². The number of nitrogens with zero attached hydrogens (tertiary/aromatic N) is 1. The standard InChI is InChI=1S/C17H20BrNO3/c1-19-6-5-17-4-3-10(20)7-14(17)22-16-13(21-2)8-12(18)11(9-19)15(16)17/h3-4,8,10,14,20H,5-7,9H2,1-2H3/t10-,14-,17-/m1/s1. The summed E-state index contributed by atoms with van der Waals surface area (Å²) in [5.74, 6) is 1.63. The molecular weight excluding hydrogens is 346 g/mol. The van der Waals surface area contributed by atoms with Gasteiger partial charge in [0.1, 0.15) is 6.10 Å². The van der Waals surface area contributed by atoms with Crippen molar-refractivity contribution >= 4 is 15.9 Å². The van der Waals surface area contributed by atoms with E-state index in [4.69, 9.17) is 9.47 Å². The number of methoxy groups -OCH3 is 1. The molecule has 0 amide bonds. The van der Waals surface area contributed by atoms with Gasteiger partial charge in [0.25, 0.3) is 0 Å². The Balaban J connectivity index is 2.00. The lowest BCUT2D eigenvalue weighted by molar-refractivity contribution is 0.0821. The lowest BCUT2D eigenvalue weighted by atomic mass is 9.69. The molecule has 0 bridgehead atoms. The van der Waals surface area contributed by atoms with Gasteiger partial charge in [0, 0.05) is 23.0 Å². The quantitative estimate of drug-likeness (QED) is 0.776. The van der Waals surface area contributed by atoms with E-state index in [1.54, 1.807) is 7.11 Å². The average Bonchev–Trinajstić information content (AvgIpc) is 2.74. The highest BCUT2D eigenvalue weighted by atomic mass is 79.9. The second-order valence-electron chi connectivity index (χ2n) is 6.54. The highest BCUT2D eigenvalue weighted by Crippen LogP contribution is 2.57. The third-order valence-electron chi connectivity index (χ3n) is 5.23. The normalized spacial score (nSPS) is 32.9. The summed E-state index contributed by atoms with van der Waals surface area (Å²) in [5, 5.41) is 10.0. The van der Waals surface area contributed by atoms with Crippen LogP contribution in [0.5, 0.6) is 11.5 Å². The monoisotopic (exact) mass is 365 g/mol. The van der Waals surface area contributed by atoms with E-state index in [0.29, 0.717) is 6.42 Å². The maximum Gasteiger partial charge on any atom is 0.166 e. The molecule has 0 aromatic heterocycles. The minimum Gasteiger partial charge on any atom is -0.493 e. The van der Waals surface area contributed by atoms with Crippen molar-refractivity contribution in [3.8, 4) is 11.5 Å². The van der Waals surface area contributed by atoms with E-state index in [-0.39, 0.29) is 11.5 Å². The molecule has 1 N–H and O–H groups in total. The van der Waals surface area contributed by atoms with E-state index in [2.05, 4.69) is 34.0 Å². The van der Waals surface area contributed by atoms with Gasteiger partial charge in [0.15, 0.2) is 11.5 Å². The van der Waals surface area contributed by atoms with Crippen LogP contribution < -0.4 is 9.47 Å². The van der Waals surface area contributed by atoms with Crippen LogP contribution >= 0.6 is 15.9 Å². The summed E-state index contributed by atoms with van der Waals surface area (Å²) in [5.41, 5.74) is 2.38. The Hall–Kier alpha value is -1.04. The second kappa shape index (κ2) is 4.98. The van der Waals surface area contributed by atoms with Crippen molar-refractivity contribution in [1.82, 2.24) is 4.90 Å². The Labute approximate surface area is 138 Å². The maximum absolute atomic E-state index is 10.0. The van der Waals surface area contributed by atoms with Crippen LogP contribution in [0.15, 0.2) is 22.7 Å². The van der Waals surface area contributed by atoms with Crippen LogP contribution in [-0.2, 0) is 12.0 Å². The van der Waals surface area contributed by atoms with Crippen LogP contribution in [0.25, 0.3) is 0 Å². The molecule has 3 aliphatic rings. The molecular formula is C17H20BrNO3. The lowest BCUT2D eigenvalue weighted by Crippen LogP contribution is -2.42. The molecule has 0 saturated heterocycles. The van der Waals surface area contributed by atoms with Gasteiger partial charge in [-0.1, -0.05) is 28.1 Å². The zero-order valence-corrected chi connectivity index (χ0v) is 14.4. The van der Waals surface area contributed by atoms with Crippen LogP contribution in [0.1, 0.15) is 24.0 Å². The van der Waals surface area contributed by atoms with E-state index < -0.39 is 6.10 Å². The van der Waals surface area contributed by atoms with E-state index in [1.807, 2.05) is 12.1 Å². The third kappa shape index (κ3) is 1.88. The number of rotatable bonds is 1. The van der Waals surface area contributed by atoms with Crippen LogP contribution in [0.2, 0.25) is 0 Å². The first-order chi connectivity index (χ1) is 10.5. The predicted octanol–water partition coefficient (Wildman–Crippen LogP) is 2.61. The zero-order chi connectivity index (χ0) is 15.5. The molecule has 4 nitrogen and oxygen atoms in total. The number of aliphatic hydroxyl groups excluding tert-OH is 1. The smallest absolute Gasteiger partial charge is 0.166 e. The fraction of sp³-hybridized carbons (Fsp3) is 0.529. The number of aliphatic hydroxyl groups is 1. The van der Waals surface area contributed by atoms with Crippen LogP contribution in [0.3, 0.4) is 0 Å². The molecule has 5 heteroatoms. The van der Waals surface area contributed by atoms with Crippen molar-refractivity contribution < 1.29 is 14.6 Å². The van der Waals surface area contributed by atoms with E-state index in [1.165, 1.54) is 11.1 Å². The van der Waals surface area contributed by atoms with Crippen molar-refractivity contribution in [2.75, 3.05) is 20.7 Å². The zero-order valence-electron chi connectivity index (χ0n) is 12.8. The fourth-order valence-electron chi connectivity index (χ4n) is 4.10. The Kier molecular flexibility index (Phi) is 3.29. The molecule has 1 aromatic rings. The molecule has 0 radical (unpaired) electrons. The van der Waals surface area contributed by atoms with Gasteiger partial charge in [-0.25, -0.2) is 0 Å². The molecule has 22 heavy (non-hydrogen) atoms. The van der Waals surface area contributed by atoms with Crippen LogP contribution in [0.4, 0.5) is 0 Å². The number of hydrogen-bond acceptors (Lipinski definition) is 4. The molecule has 0 saturated carbocycles. The topological polar surface area (TPSA) is 41.9 Å². The first-order valence-corrected chi connectivity index (χ1v) is 8.47. The molecule has 2 heterocycles. The van der Waals surface area contributed by atoms with Gasteiger partial charge in [-0.05, 0) is 31.6 Å². The minimum atomic E-state index is -0.427. The Morgan fingerprint density at radius 3 is 3.09 bits per heavy atom. The van der Waals surface area contributed by atoms with Crippen molar-refractivity contribution in [2.45, 2.75) is 37.0 Å². The molecule has 2 aliphatic heterocycles. The number of hydrogen-bond donors (Lipinski definition) is 1. The van der Waals surface area contributed by atoms with E-state index in [0.717, 1.165) is 35.5 Å². The van der Waals surface area contributed by atoms with Gasteiger partial charge in [-0.15, -0.1) is 0 Å². The molecule has 0 unspecified atom stereocenters. The first kappa shape index (κ1) is 14.5. The van der Waals surface area contributed by atoms with E-state index >= 15 is 0 Å². The Morgan fingerprint density at radius 2 is 2.32 bits per heavy atom. The molecule has 118 valence electrons. The van der Waals surface area contributed by atoms with Gasteiger partial charge in [0.2, 0.25) is 0 Å². The summed E-state index contributed by atoms with van der Waals surface area (Å²) < 4.78 is 12.9. The summed E-state index contributed by atoms with van der Waals surface area (Å²) in [7, 11) is 3.83. The van der Waals surface area contributed by atoms with Crippen LogP contribution in [0, 0.1) is 0 Å². The number of halogens is 1. The number of ether oxygens (including phenoxy) is 2. The largest absolute Gasteiger partial charge is 0.493 e. The second-order valence-corrected chi connectivity index (χ2v) is 7.39. The van der Waals surface area contributed by atoms with Gasteiger partial charge >= 0.3 is 0 Å². The number of benzene rings is 1. The molecule has 3 atom stereocenters.